The molecule has 0 radical (unpaired) electrons. The smallest absolute Gasteiger partial charge is 0.129 e. The molecular formula is C25H29NO. The summed E-state index contributed by atoms with van der Waals surface area (Å²) in [5.74, 6) is 0.541. The fraction of sp³-hybridized carbons (Fsp3) is 0.320. The fourth-order valence-electron chi connectivity index (χ4n) is 3.62. The molecule has 0 bridgehead atoms. The number of allylic oxidation sites excluding steroid dienone is 2. The second-order valence-electron chi connectivity index (χ2n) is 7.28. The van der Waals surface area contributed by atoms with Crippen molar-refractivity contribution in [3.8, 4) is 0 Å². The lowest BCUT2D eigenvalue weighted by atomic mass is 9.92. The number of Topliss-reactive ketones (excluding diaryl/α,β-unsaturated/α-hetero) is 1. The van der Waals surface area contributed by atoms with Gasteiger partial charge in [0.2, 0.25) is 0 Å². The number of carbonyl (C=O) groups is 1. The number of hydrogen-bond acceptors (Lipinski definition) is 1. The van der Waals surface area contributed by atoms with Gasteiger partial charge in [-0.15, -0.1) is 0 Å². The van der Waals surface area contributed by atoms with Crippen molar-refractivity contribution < 1.29 is 4.79 Å². The molecule has 3 rings (SSSR count). The van der Waals surface area contributed by atoms with Crippen LogP contribution in [-0.2, 0) is 11.3 Å². The summed E-state index contributed by atoms with van der Waals surface area (Å²) in [6.45, 7) is 4.74. The summed E-state index contributed by atoms with van der Waals surface area (Å²) in [6, 6.07) is 19.2. The average Bonchev–Trinajstić information content (AvgIpc) is 3.04. The van der Waals surface area contributed by atoms with E-state index in [0.717, 1.165) is 25.8 Å². The van der Waals surface area contributed by atoms with E-state index in [9.17, 15) is 4.79 Å². The number of ketones is 1. The summed E-state index contributed by atoms with van der Waals surface area (Å²) in [7, 11) is 0. The first-order valence-corrected chi connectivity index (χ1v) is 9.96. The van der Waals surface area contributed by atoms with Crippen molar-refractivity contribution in [3.63, 3.8) is 0 Å². The molecule has 0 aliphatic heterocycles. The van der Waals surface area contributed by atoms with Gasteiger partial charge in [0.1, 0.15) is 5.78 Å². The Morgan fingerprint density at radius 3 is 2.56 bits per heavy atom. The molecule has 140 valence electrons. The zero-order valence-corrected chi connectivity index (χ0v) is 16.4. The maximum absolute atomic E-state index is 11.6. The first kappa shape index (κ1) is 19.2. The Kier molecular flexibility index (Phi) is 6.64. The van der Waals surface area contributed by atoms with E-state index >= 15 is 0 Å². The SMILES string of the molecule is CCC/C=C/C(CCC(C)=O)c1cn(Cc2ccccc2)c2ccccc12. The number of carbonyl (C=O) groups excluding carboxylic acids is 1. The molecule has 27 heavy (non-hydrogen) atoms. The van der Waals surface area contributed by atoms with Gasteiger partial charge in [0.25, 0.3) is 0 Å². The Bertz CT molecular complexity index is 904. The molecule has 2 nitrogen and oxygen atoms in total. The summed E-state index contributed by atoms with van der Waals surface area (Å²) in [5, 5.41) is 1.29. The number of hydrogen-bond donors (Lipinski definition) is 0. The summed E-state index contributed by atoms with van der Waals surface area (Å²) in [6.07, 6.45) is 10.6. The van der Waals surface area contributed by atoms with Gasteiger partial charge in [-0.3, -0.25) is 0 Å². The quantitative estimate of drug-likeness (QED) is 0.400. The molecule has 0 fully saturated rings. The Morgan fingerprint density at radius 2 is 1.81 bits per heavy atom. The van der Waals surface area contributed by atoms with E-state index in [0.29, 0.717) is 6.42 Å². The van der Waals surface area contributed by atoms with E-state index in [4.69, 9.17) is 0 Å². The summed E-state index contributed by atoms with van der Waals surface area (Å²) >= 11 is 0. The predicted molar refractivity (Wildman–Crippen MR) is 114 cm³/mol. The van der Waals surface area contributed by atoms with Crippen LogP contribution < -0.4 is 0 Å². The summed E-state index contributed by atoms with van der Waals surface area (Å²) < 4.78 is 2.34. The van der Waals surface area contributed by atoms with Gasteiger partial charge in [0.05, 0.1) is 0 Å². The van der Waals surface area contributed by atoms with Crippen molar-refractivity contribution >= 4 is 16.7 Å². The normalized spacial score (nSPS) is 12.7. The van der Waals surface area contributed by atoms with Crippen molar-refractivity contribution in [2.45, 2.75) is 52.0 Å². The second-order valence-corrected chi connectivity index (χ2v) is 7.28. The monoisotopic (exact) mass is 359 g/mol. The van der Waals surface area contributed by atoms with Crippen LogP contribution in [0.25, 0.3) is 10.9 Å². The van der Waals surface area contributed by atoms with E-state index in [-0.39, 0.29) is 11.7 Å². The topological polar surface area (TPSA) is 22.0 Å². The number of unbranched alkanes of at least 4 members (excludes halogenated alkanes) is 1. The summed E-state index contributed by atoms with van der Waals surface area (Å²) in [5.41, 5.74) is 3.88. The Hall–Kier alpha value is -2.61. The number of aromatic nitrogens is 1. The highest BCUT2D eigenvalue weighted by molar-refractivity contribution is 5.85. The number of rotatable bonds is 9. The molecule has 0 aliphatic rings. The van der Waals surface area contributed by atoms with Crippen molar-refractivity contribution in [3.05, 3.63) is 84.1 Å². The lowest BCUT2D eigenvalue weighted by Crippen LogP contribution is -2.00. The van der Waals surface area contributed by atoms with Crippen LogP contribution in [0.1, 0.15) is 56.6 Å². The number of nitrogens with zero attached hydrogens (tertiary/aromatic N) is 1. The molecule has 0 N–H and O–H groups in total. The van der Waals surface area contributed by atoms with E-state index in [1.807, 2.05) is 0 Å². The van der Waals surface area contributed by atoms with Gasteiger partial charge in [-0.2, -0.15) is 0 Å². The van der Waals surface area contributed by atoms with Crippen LogP contribution in [0.2, 0.25) is 0 Å². The van der Waals surface area contributed by atoms with Crippen LogP contribution in [0, 0.1) is 0 Å². The Morgan fingerprint density at radius 1 is 1.07 bits per heavy atom. The molecule has 1 heterocycles. The van der Waals surface area contributed by atoms with Gasteiger partial charge in [0, 0.05) is 36.0 Å². The van der Waals surface area contributed by atoms with Gasteiger partial charge < -0.3 is 9.36 Å². The molecule has 2 heteroatoms. The molecular weight excluding hydrogens is 330 g/mol. The highest BCUT2D eigenvalue weighted by Crippen LogP contribution is 2.32. The highest BCUT2D eigenvalue weighted by atomic mass is 16.1. The van der Waals surface area contributed by atoms with E-state index in [1.165, 1.54) is 22.0 Å². The molecule has 0 spiro atoms. The van der Waals surface area contributed by atoms with E-state index in [1.54, 1.807) is 6.92 Å². The lowest BCUT2D eigenvalue weighted by Gasteiger charge is -2.11. The third kappa shape index (κ3) is 4.97. The molecule has 0 saturated heterocycles. The zero-order chi connectivity index (χ0) is 19.1. The van der Waals surface area contributed by atoms with Gasteiger partial charge in [0.15, 0.2) is 0 Å². The van der Waals surface area contributed by atoms with Gasteiger partial charge in [-0.1, -0.05) is 74.0 Å². The molecule has 0 amide bonds. The van der Waals surface area contributed by atoms with Crippen molar-refractivity contribution in [2.24, 2.45) is 0 Å². The van der Waals surface area contributed by atoms with Crippen molar-refractivity contribution in [2.75, 3.05) is 0 Å². The van der Waals surface area contributed by atoms with E-state index < -0.39 is 0 Å². The summed E-state index contributed by atoms with van der Waals surface area (Å²) in [4.78, 5) is 11.6. The Balaban J connectivity index is 1.98. The van der Waals surface area contributed by atoms with Crippen LogP contribution in [0.4, 0.5) is 0 Å². The number of fused-ring (bicyclic) bond motifs is 1. The van der Waals surface area contributed by atoms with Crippen molar-refractivity contribution in [1.82, 2.24) is 4.57 Å². The average molecular weight is 360 g/mol. The van der Waals surface area contributed by atoms with Gasteiger partial charge in [-0.25, -0.2) is 0 Å². The van der Waals surface area contributed by atoms with E-state index in [2.05, 4.69) is 84.4 Å². The molecule has 1 atom stereocenters. The predicted octanol–water partition coefficient (Wildman–Crippen LogP) is 6.50. The van der Waals surface area contributed by atoms with Crippen LogP contribution in [0.5, 0.6) is 0 Å². The molecule has 3 aromatic rings. The maximum atomic E-state index is 11.6. The second kappa shape index (κ2) is 9.36. The molecule has 1 aromatic heterocycles. The fourth-order valence-corrected chi connectivity index (χ4v) is 3.62. The number of benzene rings is 2. The third-order valence-electron chi connectivity index (χ3n) is 5.05. The molecule has 2 aromatic carbocycles. The minimum absolute atomic E-state index is 0.261. The standard InChI is InChI=1S/C25H29NO/c1-3-4-6-13-22(17-16-20(2)27)24-19-26(18-21-11-7-5-8-12-21)25-15-10-9-14-23(24)25/h5-15,19,22H,3-4,16-18H2,1-2H3/b13-6+. The van der Waals surface area contributed by atoms with Crippen LogP contribution in [0.3, 0.4) is 0 Å². The third-order valence-corrected chi connectivity index (χ3v) is 5.05. The van der Waals surface area contributed by atoms with Crippen LogP contribution >= 0.6 is 0 Å². The van der Waals surface area contributed by atoms with Crippen molar-refractivity contribution in [1.29, 1.82) is 0 Å². The molecule has 0 saturated carbocycles. The zero-order valence-electron chi connectivity index (χ0n) is 16.4. The minimum atomic E-state index is 0.261. The van der Waals surface area contributed by atoms with Crippen LogP contribution in [0.15, 0.2) is 72.9 Å². The first-order valence-electron chi connectivity index (χ1n) is 9.96. The van der Waals surface area contributed by atoms with Crippen LogP contribution in [-0.4, -0.2) is 10.4 Å². The maximum Gasteiger partial charge on any atom is 0.129 e. The number of para-hydroxylation sites is 1. The highest BCUT2D eigenvalue weighted by Gasteiger charge is 2.16. The Labute approximate surface area is 162 Å². The largest absolute Gasteiger partial charge is 0.343 e. The first-order chi connectivity index (χ1) is 13.2. The molecule has 0 aliphatic carbocycles. The van der Waals surface area contributed by atoms with Gasteiger partial charge in [-0.05, 0) is 37.0 Å². The lowest BCUT2D eigenvalue weighted by molar-refractivity contribution is -0.117. The van der Waals surface area contributed by atoms with Gasteiger partial charge >= 0.3 is 0 Å². The molecule has 1 unspecified atom stereocenters. The minimum Gasteiger partial charge on any atom is -0.343 e.